The Morgan fingerprint density at radius 1 is 1.06 bits per heavy atom. The van der Waals surface area contributed by atoms with Gasteiger partial charge in [-0.2, -0.15) is 26.3 Å². The monoisotopic (exact) mass is 509 g/mol. The lowest BCUT2D eigenvalue weighted by molar-refractivity contribution is -0.144. The third-order valence-corrected chi connectivity index (χ3v) is 4.70. The number of fused-ring (bicyclic) bond motifs is 1. The van der Waals surface area contributed by atoms with Crippen molar-refractivity contribution in [2.75, 3.05) is 6.54 Å². The van der Waals surface area contributed by atoms with E-state index >= 15 is 0 Å². The number of H-pyrrole nitrogens is 1. The van der Waals surface area contributed by atoms with Gasteiger partial charge in [-0.3, -0.25) is 9.59 Å². The van der Waals surface area contributed by atoms with Crippen LogP contribution in [0.15, 0.2) is 30.1 Å². The maximum absolute atomic E-state index is 12.3. The zero-order valence-electron chi connectivity index (χ0n) is 18.4. The summed E-state index contributed by atoms with van der Waals surface area (Å²) in [5, 5.41) is 5.74. The molecule has 0 unspecified atom stereocenters. The van der Waals surface area contributed by atoms with Crippen molar-refractivity contribution in [2.45, 2.75) is 51.1 Å². The van der Waals surface area contributed by atoms with Gasteiger partial charge in [0.25, 0.3) is 5.91 Å². The minimum Gasteiger partial charge on any atom is -0.403 e. The first-order valence-corrected chi connectivity index (χ1v) is 10.4. The molecule has 0 aliphatic rings. The number of benzene rings is 1. The van der Waals surface area contributed by atoms with E-state index in [1.54, 1.807) is 18.2 Å². The molecule has 2 amide bonds. The number of nitrogens with two attached hydrogens (primary N) is 2. The lowest BCUT2D eigenvalue weighted by Gasteiger charge is -2.21. The summed E-state index contributed by atoms with van der Waals surface area (Å²) in [7, 11) is 0. The third kappa shape index (κ3) is 9.72. The maximum atomic E-state index is 12.3. The average Bonchev–Trinajstić information content (AvgIpc) is 3.16. The highest BCUT2D eigenvalue weighted by molar-refractivity contribution is 5.92. The molecule has 35 heavy (non-hydrogen) atoms. The summed E-state index contributed by atoms with van der Waals surface area (Å²) in [6.07, 6.45) is -11.1. The predicted molar refractivity (Wildman–Crippen MR) is 114 cm³/mol. The second-order valence-electron chi connectivity index (χ2n) is 7.57. The molecule has 9 nitrogen and oxygen atoms in total. The van der Waals surface area contributed by atoms with Crippen molar-refractivity contribution in [1.82, 2.24) is 25.6 Å². The molecule has 0 radical (unpaired) electrons. The van der Waals surface area contributed by atoms with E-state index in [9.17, 15) is 35.9 Å². The summed E-state index contributed by atoms with van der Waals surface area (Å²) in [5.41, 5.74) is 6.88. The zero-order chi connectivity index (χ0) is 26.2. The van der Waals surface area contributed by atoms with Crippen LogP contribution in [-0.4, -0.2) is 45.7 Å². The van der Waals surface area contributed by atoms with Crippen molar-refractivity contribution >= 4 is 22.8 Å². The number of alkyl halides is 6. The number of imidazole rings is 1. The molecule has 1 heterocycles. The van der Waals surface area contributed by atoms with E-state index in [1.165, 1.54) is 0 Å². The Hall–Kier alpha value is -3.49. The van der Waals surface area contributed by atoms with Gasteiger partial charge in [-0.25, -0.2) is 10.8 Å². The highest BCUT2D eigenvalue weighted by atomic mass is 19.4. The molecule has 0 bridgehead atoms. The number of nitrogens with zero attached hydrogens (tertiary/aromatic N) is 2. The standard InChI is InChI=1S/C20H25F6N7O2/c21-19(22,23)5-1-7-33(28)15(9-27)18(35)30-11-16-31-13-3-2-12(8-14(13)32-16)10-29-17(34)4-6-20(24,25)26/h2-3,8-9H,1,4-7,10-11,27-28H2,(H,29,34)(H,30,35)(H,31,32)/b15-9-. The zero-order valence-corrected chi connectivity index (χ0v) is 18.4. The van der Waals surface area contributed by atoms with Gasteiger partial charge in [-0.15, -0.1) is 0 Å². The van der Waals surface area contributed by atoms with Gasteiger partial charge in [0, 0.05) is 32.1 Å². The first-order valence-electron chi connectivity index (χ1n) is 10.4. The number of nitrogens with one attached hydrogen (secondary N) is 3. The van der Waals surface area contributed by atoms with Gasteiger partial charge < -0.3 is 26.4 Å². The molecule has 7 N–H and O–H groups in total. The first-order chi connectivity index (χ1) is 16.3. The summed E-state index contributed by atoms with van der Waals surface area (Å²) in [4.78, 5) is 31.1. The van der Waals surface area contributed by atoms with Crippen LogP contribution >= 0.6 is 0 Å². The third-order valence-electron chi connectivity index (χ3n) is 4.70. The lowest BCUT2D eigenvalue weighted by atomic mass is 10.2. The Bertz CT molecular complexity index is 1050. The van der Waals surface area contributed by atoms with Crippen LogP contribution < -0.4 is 22.2 Å². The van der Waals surface area contributed by atoms with Crippen molar-refractivity contribution in [2.24, 2.45) is 11.6 Å². The Morgan fingerprint density at radius 2 is 1.74 bits per heavy atom. The predicted octanol–water partition coefficient (Wildman–Crippen LogP) is 2.46. The summed E-state index contributed by atoms with van der Waals surface area (Å²) < 4.78 is 73.4. The molecule has 1 aromatic carbocycles. The fraction of sp³-hybridized carbons (Fsp3) is 0.450. The average molecular weight is 509 g/mol. The van der Waals surface area contributed by atoms with Crippen molar-refractivity contribution in [3.8, 4) is 0 Å². The van der Waals surface area contributed by atoms with E-state index in [2.05, 4.69) is 20.6 Å². The van der Waals surface area contributed by atoms with Crippen molar-refractivity contribution in [3.05, 3.63) is 41.5 Å². The van der Waals surface area contributed by atoms with Gasteiger partial charge in [0.2, 0.25) is 5.91 Å². The summed E-state index contributed by atoms with van der Waals surface area (Å²) >= 11 is 0. The van der Waals surface area contributed by atoms with E-state index in [0.717, 1.165) is 11.2 Å². The molecule has 0 aliphatic carbocycles. The van der Waals surface area contributed by atoms with Crippen LogP contribution in [0.5, 0.6) is 0 Å². The van der Waals surface area contributed by atoms with Crippen LogP contribution in [0.3, 0.4) is 0 Å². The molecule has 15 heteroatoms. The molecule has 1 aromatic heterocycles. The molecule has 0 aliphatic heterocycles. The van der Waals surface area contributed by atoms with Crippen LogP contribution in [0.2, 0.25) is 0 Å². The van der Waals surface area contributed by atoms with E-state index in [0.29, 0.717) is 22.4 Å². The molecule has 0 saturated carbocycles. The molecular weight excluding hydrogens is 484 g/mol. The smallest absolute Gasteiger partial charge is 0.389 e. The van der Waals surface area contributed by atoms with Gasteiger partial charge in [0.1, 0.15) is 11.5 Å². The van der Waals surface area contributed by atoms with E-state index < -0.39 is 43.4 Å². The lowest BCUT2D eigenvalue weighted by Crippen LogP contribution is -2.40. The molecule has 0 fully saturated rings. The highest BCUT2D eigenvalue weighted by Crippen LogP contribution is 2.22. The fourth-order valence-corrected chi connectivity index (χ4v) is 2.97. The highest BCUT2D eigenvalue weighted by Gasteiger charge is 2.28. The maximum Gasteiger partial charge on any atom is 0.389 e. The molecule has 0 spiro atoms. The number of halogens is 6. The molecule has 194 valence electrons. The number of amides is 2. The first kappa shape index (κ1) is 27.8. The van der Waals surface area contributed by atoms with Crippen LogP contribution in [0.25, 0.3) is 11.0 Å². The largest absolute Gasteiger partial charge is 0.403 e. The number of carbonyl (C=O) groups excluding carboxylic acids is 2. The molecule has 2 aromatic rings. The topological polar surface area (TPSA) is 142 Å². The van der Waals surface area contributed by atoms with E-state index in [1.807, 2.05) is 0 Å². The Kier molecular flexibility index (Phi) is 9.33. The summed E-state index contributed by atoms with van der Waals surface area (Å²) in [6, 6.07) is 4.91. The fourth-order valence-electron chi connectivity index (χ4n) is 2.97. The normalized spacial score (nSPS) is 12.6. The number of carbonyl (C=O) groups is 2. The molecule has 2 rings (SSSR count). The van der Waals surface area contributed by atoms with Crippen LogP contribution in [0.4, 0.5) is 26.3 Å². The van der Waals surface area contributed by atoms with Gasteiger partial charge >= 0.3 is 12.4 Å². The Balaban J connectivity index is 1.89. The van der Waals surface area contributed by atoms with Gasteiger partial charge in [-0.05, 0) is 24.1 Å². The van der Waals surface area contributed by atoms with Gasteiger partial charge in [0.05, 0.1) is 24.0 Å². The number of hydrogen-bond donors (Lipinski definition) is 5. The minimum absolute atomic E-state index is 0.0169. The van der Waals surface area contributed by atoms with Crippen molar-refractivity contribution < 1.29 is 35.9 Å². The second-order valence-corrected chi connectivity index (χ2v) is 7.57. The van der Waals surface area contributed by atoms with E-state index in [4.69, 9.17) is 11.6 Å². The number of hydrazine groups is 1. The van der Waals surface area contributed by atoms with Crippen LogP contribution in [0.1, 0.15) is 37.1 Å². The molecular formula is C20H25F6N7O2. The Morgan fingerprint density at radius 3 is 2.37 bits per heavy atom. The summed E-state index contributed by atoms with van der Waals surface area (Å²) in [5.74, 6) is 4.54. The van der Waals surface area contributed by atoms with Crippen molar-refractivity contribution in [1.29, 1.82) is 0 Å². The number of hydrogen-bond acceptors (Lipinski definition) is 6. The van der Waals surface area contributed by atoms with Crippen molar-refractivity contribution in [3.63, 3.8) is 0 Å². The second kappa shape index (κ2) is 11.8. The molecule has 0 saturated heterocycles. The Labute approximate surface area is 195 Å². The van der Waals surface area contributed by atoms with Crippen LogP contribution in [0, 0.1) is 0 Å². The molecule has 0 atom stereocenters. The number of aromatic nitrogens is 2. The quantitative estimate of drug-likeness (QED) is 0.136. The minimum atomic E-state index is -4.41. The van der Waals surface area contributed by atoms with Crippen LogP contribution in [-0.2, 0) is 22.7 Å². The summed E-state index contributed by atoms with van der Waals surface area (Å²) in [6.45, 7) is -0.302. The SMILES string of the molecule is N/C=C(/C(=O)NCc1nc2ccc(CNC(=O)CCC(F)(F)F)cc2[nH]1)N(N)CCCC(F)(F)F. The number of rotatable bonds is 11. The van der Waals surface area contributed by atoms with Gasteiger partial charge in [-0.1, -0.05) is 6.07 Å². The van der Waals surface area contributed by atoms with Gasteiger partial charge in [0.15, 0.2) is 0 Å². The van der Waals surface area contributed by atoms with E-state index in [-0.39, 0.29) is 31.8 Å². The number of aromatic amines is 1.